The molecule has 1 aromatic heterocycles. The number of carbonyl (C=O) groups is 1. The summed E-state index contributed by atoms with van der Waals surface area (Å²) in [5.41, 5.74) is 4.49. The first-order valence-corrected chi connectivity index (χ1v) is 10.5. The van der Waals surface area contributed by atoms with Crippen molar-refractivity contribution < 1.29 is 9.21 Å². The largest absolute Gasteiger partial charge is 0.436 e. The van der Waals surface area contributed by atoms with E-state index >= 15 is 0 Å². The van der Waals surface area contributed by atoms with Gasteiger partial charge < -0.3 is 9.73 Å². The second-order valence-electron chi connectivity index (χ2n) is 7.21. The minimum Gasteiger partial charge on any atom is -0.436 e. The standard InChI is InChI=1S/C24H20Cl2N2O2/c1-3-14(2)15-7-10-22-21(12-15)28-24(30-22)16-5-4-6-18(11-16)27-23(29)19-13-17(25)8-9-20(19)26/h4-14H,3H2,1-2H3,(H,27,29)/t14-/m0/s1. The Balaban J connectivity index is 1.61. The Morgan fingerprint density at radius 3 is 2.73 bits per heavy atom. The van der Waals surface area contributed by atoms with Gasteiger partial charge in [0.2, 0.25) is 5.89 Å². The van der Waals surface area contributed by atoms with Gasteiger partial charge in [0.1, 0.15) is 5.52 Å². The number of halogens is 2. The van der Waals surface area contributed by atoms with Crippen LogP contribution in [0, 0.1) is 0 Å². The molecular weight excluding hydrogens is 419 g/mol. The van der Waals surface area contributed by atoms with Crippen molar-refractivity contribution in [2.45, 2.75) is 26.2 Å². The van der Waals surface area contributed by atoms with Gasteiger partial charge in [-0.3, -0.25) is 4.79 Å². The molecule has 0 unspecified atom stereocenters. The molecule has 0 radical (unpaired) electrons. The molecule has 0 aliphatic heterocycles. The number of hydrogen-bond donors (Lipinski definition) is 1. The van der Waals surface area contributed by atoms with Crippen molar-refractivity contribution in [2.75, 3.05) is 5.32 Å². The number of hydrogen-bond acceptors (Lipinski definition) is 3. The number of amides is 1. The molecule has 4 nitrogen and oxygen atoms in total. The number of fused-ring (bicyclic) bond motifs is 1. The van der Waals surface area contributed by atoms with Crippen molar-refractivity contribution in [1.29, 1.82) is 0 Å². The Hall–Kier alpha value is -2.82. The highest BCUT2D eigenvalue weighted by Crippen LogP contribution is 2.29. The first-order chi connectivity index (χ1) is 14.4. The molecule has 0 fully saturated rings. The Morgan fingerprint density at radius 1 is 1.10 bits per heavy atom. The van der Waals surface area contributed by atoms with Crippen LogP contribution in [0.15, 0.2) is 65.1 Å². The van der Waals surface area contributed by atoms with Gasteiger partial charge in [0.25, 0.3) is 5.91 Å². The number of nitrogens with zero attached hydrogens (tertiary/aromatic N) is 1. The molecule has 1 heterocycles. The number of aromatic nitrogens is 1. The molecule has 4 aromatic rings. The van der Waals surface area contributed by atoms with Crippen molar-refractivity contribution >= 4 is 45.9 Å². The summed E-state index contributed by atoms with van der Waals surface area (Å²) in [6.45, 7) is 4.36. The number of anilines is 1. The fourth-order valence-corrected chi connectivity index (χ4v) is 3.59. The monoisotopic (exact) mass is 438 g/mol. The normalized spacial score (nSPS) is 12.1. The molecule has 0 aliphatic carbocycles. The maximum Gasteiger partial charge on any atom is 0.257 e. The number of rotatable bonds is 5. The lowest BCUT2D eigenvalue weighted by molar-refractivity contribution is 0.102. The van der Waals surface area contributed by atoms with E-state index in [-0.39, 0.29) is 5.91 Å². The van der Waals surface area contributed by atoms with Crippen LogP contribution in [-0.4, -0.2) is 10.9 Å². The van der Waals surface area contributed by atoms with E-state index < -0.39 is 0 Å². The third kappa shape index (κ3) is 4.20. The molecule has 152 valence electrons. The maximum atomic E-state index is 12.6. The van der Waals surface area contributed by atoms with E-state index in [1.807, 2.05) is 24.3 Å². The summed E-state index contributed by atoms with van der Waals surface area (Å²) in [7, 11) is 0. The number of nitrogens with one attached hydrogen (secondary N) is 1. The molecule has 3 aromatic carbocycles. The lowest BCUT2D eigenvalue weighted by atomic mass is 9.98. The molecule has 1 amide bonds. The van der Waals surface area contributed by atoms with Crippen LogP contribution in [0.2, 0.25) is 10.0 Å². The van der Waals surface area contributed by atoms with Crippen molar-refractivity contribution in [3.63, 3.8) is 0 Å². The molecule has 1 N–H and O–H groups in total. The van der Waals surface area contributed by atoms with Gasteiger partial charge in [-0.05, 0) is 66.4 Å². The van der Waals surface area contributed by atoms with Crippen molar-refractivity contribution in [1.82, 2.24) is 4.98 Å². The molecule has 4 rings (SSSR count). The number of benzene rings is 3. The molecule has 1 atom stereocenters. The van der Waals surface area contributed by atoms with Gasteiger partial charge in [0.05, 0.1) is 10.6 Å². The summed E-state index contributed by atoms with van der Waals surface area (Å²) in [5, 5.41) is 3.63. The summed E-state index contributed by atoms with van der Waals surface area (Å²) >= 11 is 12.1. The zero-order valence-electron chi connectivity index (χ0n) is 16.6. The zero-order valence-corrected chi connectivity index (χ0v) is 18.1. The fourth-order valence-electron chi connectivity index (χ4n) is 3.21. The Morgan fingerprint density at radius 2 is 1.93 bits per heavy atom. The van der Waals surface area contributed by atoms with Crippen LogP contribution in [0.25, 0.3) is 22.6 Å². The summed E-state index contributed by atoms with van der Waals surface area (Å²) in [6, 6.07) is 18.2. The van der Waals surface area contributed by atoms with Crippen LogP contribution in [0.5, 0.6) is 0 Å². The first kappa shape index (κ1) is 20.5. The van der Waals surface area contributed by atoms with Crippen LogP contribution < -0.4 is 5.32 Å². The van der Waals surface area contributed by atoms with E-state index in [4.69, 9.17) is 27.6 Å². The van der Waals surface area contributed by atoms with Crippen LogP contribution >= 0.6 is 23.2 Å². The highest BCUT2D eigenvalue weighted by atomic mass is 35.5. The average molecular weight is 439 g/mol. The third-order valence-electron chi connectivity index (χ3n) is 5.13. The highest BCUT2D eigenvalue weighted by molar-refractivity contribution is 6.36. The molecule has 6 heteroatoms. The molecular formula is C24H20Cl2N2O2. The second-order valence-corrected chi connectivity index (χ2v) is 8.06. The number of oxazole rings is 1. The number of carbonyl (C=O) groups excluding carboxylic acids is 1. The fraction of sp³-hybridized carbons (Fsp3) is 0.167. The van der Waals surface area contributed by atoms with Crippen molar-refractivity contribution in [3.8, 4) is 11.5 Å². The first-order valence-electron chi connectivity index (χ1n) is 9.72. The summed E-state index contributed by atoms with van der Waals surface area (Å²) < 4.78 is 5.94. The van der Waals surface area contributed by atoms with E-state index in [0.717, 1.165) is 23.1 Å². The van der Waals surface area contributed by atoms with Crippen LogP contribution in [0.4, 0.5) is 5.69 Å². The smallest absolute Gasteiger partial charge is 0.257 e. The van der Waals surface area contributed by atoms with Gasteiger partial charge in [0.15, 0.2) is 5.58 Å². The summed E-state index contributed by atoms with van der Waals surface area (Å²) in [6.07, 6.45) is 1.06. The van der Waals surface area contributed by atoms with Crippen LogP contribution in [-0.2, 0) is 0 Å². The second kappa shape index (κ2) is 8.50. The zero-order chi connectivity index (χ0) is 21.3. The maximum absolute atomic E-state index is 12.6. The van der Waals surface area contributed by atoms with Crippen molar-refractivity contribution in [2.24, 2.45) is 0 Å². The van der Waals surface area contributed by atoms with E-state index in [2.05, 4.69) is 36.3 Å². The lowest BCUT2D eigenvalue weighted by Gasteiger charge is -2.08. The summed E-state index contributed by atoms with van der Waals surface area (Å²) in [5.74, 6) is 0.630. The van der Waals surface area contributed by atoms with Gasteiger partial charge in [0, 0.05) is 16.3 Å². The topological polar surface area (TPSA) is 55.1 Å². The summed E-state index contributed by atoms with van der Waals surface area (Å²) in [4.78, 5) is 17.3. The lowest BCUT2D eigenvalue weighted by Crippen LogP contribution is -2.12. The van der Waals surface area contributed by atoms with Gasteiger partial charge in [-0.1, -0.05) is 49.2 Å². The van der Waals surface area contributed by atoms with E-state index in [0.29, 0.717) is 33.1 Å². The van der Waals surface area contributed by atoms with Crippen molar-refractivity contribution in [3.05, 3.63) is 81.8 Å². The molecule has 0 saturated heterocycles. The minimum atomic E-state index is -0.338. The quantitative estimate of drug-likeness (QED) is 0.349. The minimum absolute atomic E-state index is 0.314. The predicted molar refractivity (Wildman–Crippen MR) is 123 cm³/mol. The predicted octanol–water partition coefficient (Wildman–Crippen LogP) is 7.57. The molecule has 0 bridgehead atoms. The van der Waals surface area contributed by atoms with E-state index in [1.54, 1.807) is 24.3 Å². The van der Waals surface area contributed by atoms with Gasteiger partial charge in [-0.2, -0.15) is 0 Å². The highest BCUT2D eigenvalue weighted by Gasteiger charge is 2.14. The van der Waals surface area contributed by atoms with Gasteiger partial charge >= 0.3 is 0 Å². The third-order valence-corrected chi connectivity index (χ3v) is 5.70. The van der Waals surface area contributed by atoms with E-state index in [1.165, 1.54) is 5.56 Å². The molecule has 0 spiro atoms. The SMILES string of the molecule is CC[C@H](C)c1ccc2oc(-c3cccc(NC(=O)c4cc(Cl)ccc4Cl)c3)nc2c1. The Labute approximate surface area is 184 Å². The average Bonchev–Trinajstić information content (AvgIpc) is 3.18. The molecule has 0 saturated carbocycles. The molecule has 0 aliphatic rings. The van der Waals surface area contributed by atoms with Gasteiger partial charge in [-0.15, -0.1) is 0 Å². The molecule has 30 heavy (non-hydrogen) atoms. The van der Waals surface area contributed by atoms with Crippen LogP contribution in [0.3, 0.4) is 0 Å². The van der Waals surface area contributed by atoms with Crippen LogP contribution in [0.1, 0.15) is 42.1 Å². The van der Waals surface area contributed by atoms with Gasteiger partial charge in [-0.25, -0.2) is 4.98 Å². The Bertz CT molecular complexity index is 1230. The van der Waals surface area contributed by atoms with E-state index in [9.17, 15) is 4.79 Å². The Kier molecular flexibility index (Phi) is 5.80.